The van der Waals surface area contributed by atoms with Gasteiger partial charge in [0.05, 0.1) is 6.26 Å². The number of aliphatic carboxylic acids is 1. The number of carbonyl (C=O) groups is 3. The quantitative estimate of drug-likeness (QED) is 0.798. The molecule has 1 aliphatic rings. The van der Waals surface area contributed by atoms with Crippen LogP contribution in [0.4, 0.5) is 0 Å². The summed E-state index contributed by atoms with van der Waals surface area (Å²) in [5.74, 6) is -1.46. The first kappa shape index (κ1) is 13.9. The number of nitrogens with zero attached hydrogens (tertiary/aromatic N) is 2. The van der Waals surface area contributed by atoms with Crippen molar-refractivity contribution in [1.82, 2.24) is 9.80 Å². The molecule has 1 aliphatic heterocycles. The van der Waals surface area contributed by atoms with Gasteiger partial charge >= 0.3 is 5.97 Å². The first-order valence-corrected chi connectivity index (χ1v) is 6.10. The summed E-state index contributed by atoms with van der Waals surface area (Å²) in [6.07, 6.45) is 3.26. The van der Waals surface area contributed by atoms with E-state index in [4.69, 9.17) is 9.52 Å². The molecule has 0 aromatic carbocycles. The van der Waals surface area contributed by atoms with Crippen molar-refractivity contribution in [1.29, 1.82) is 0 Å². The number of hydrogen-bond acceptors (Lipinski definition) is 4. The van der Waals surface area contributed by atoms with E-state index in [9.17, 15) is 14.4 Å². The Labute approximate surface area is 115 Å². The average Bonchev–Trinajstić information content (AvgIpc) is 2.98. The van der Waals surface area contributed by atoms with Gasteiger partial charge in [0.15, 0.2) is 5.76 Å². The zero-order valence-electron chi connectivity index (χ0n) is 10.7. The van der Waals surface area contributed by atoms with Gasteiger partial charge in [-0.05, 0) is 12.1 Å². The number of carboxylic acids is 1. The lowest BCUT2D eigenvalue weighted by molar-refractivity contribution is -0.132. The second-order valence-electron chi connectivity index (χ2n) is 4.27. The smallest absolute Gasteiger partial charge is 0.328 e. The van der Waals surface area contributed by atoms with Crippen LogP contribution >= 0.6 is 0 Å². The van der Waals surface area contributed by atoms with Crippen molar-refractivity contribution in [3.63, 3.8) is 0 Å². The zero-order chi connectivity index (χ0) is 14.5. The maximum absolute atomic E-state index is 12.0. The first-order chi connectivity index (χ1) is 9.58. The second kappa shape index (κ2) is 6.05. The molecule has 1 fully saturated rings. The molecular weight excluding hydrogens is 264 g/mol. The van der Waals surface area contributed by atoms with Gasteiger partial charge in [-0.3, -0.25) is 9.59 Å². The van der Waals surface area contributed by atoms with Gasteiger partial charge in [-0.25, -0.2) is 4.79 Å². The van der Waals surface area contributed by atoms with Crippen molar-refractivity contribution in [2.75, 3.05) is 26.2 Å². The van der Waals surface area contributed by atoms with Crippen molar-refractivity contribution in [2.24, 2.45) is 0 Å². The van der Waals surface area contributed by atoms with E-state index in [0.29, 0.717) is 26.2 Å². The molecule has 0 bridgehead atoms. The van der Waals surface area contributed by atoms with E-state index in [0.717, 1.165) is 12.2 Å². The summed E-state index contributed by atoms with van der Waals surface area (Å²) >= 11 is 0. The van der Waals surface area contributed by atoms with Crippen molar-refractivity contribution in [2.45, 2.75) is 0 Å². The number of furan rings is 1. The highest BCUT2D eigenvalue weighted by molar-refractivity contribution is 5.94. The van der Waals surface area contributed by atoms with Crippen LogP contribution in [-0.2, 0) is 9.59 Å². The molecule has 2 heterocycles. The van der Waals surface area contributed by atoms with E-state index in [1.165, 1.54) is 11.2 Å². The molecule has 1 N–H and O–H groups in total. The Kier molecular flexibility index (Phi) is 4.19. The minimum atomic E-state index is -1.16. The Balaban J connectivity index is 1.88. The minimum absolute atomic E-state index is 0.205. The maximum atomic E-state index is 12.0. The predicted octanol–water partition coefficient (Wildman–Crippen LogP) is 0.205. The minimum Gasteiger partial charge on any atom is -0.478 e. The molecule has 7 heteroatoms. The summed E-state index contributed by atoms with van der Waals surface area (Å²) < 4.78 is 5.04. The van der Waals surface area contributed by atoms with Gasteiger partial charge in [0, 0.05) is 38.3 Å². The highest BCUT2D eigenvalue weighted by Gasteiger charge is 2.25. The lowest BCUT2D eigenvalue weighted by atomic mass is 10.2. The topological polar surface area (TPSA) is 91.1 Å². The van der Waals surface area contributed by atoms with Crippen LogP contribution in [0.2, 0.25) is 0 Å². The molecule has 7 nitrogen and oxygen atoms in total. The third-order valence-corrected chi connectivity index (χ3v) is 2.98. The molecule has 0 saturated carbocycles. The average molecular weight is 278 g/mol. The number of rotatable bonds is 3. The third kappa shape index (κ3) is 3.25. The SMILES string of the molecule is O=C(O)C=CC(=O)N1CCN(C(=O)c2ccco2)CC1. The molecule has 0 aliphatic carbocycles. The predicted molar refractivity (Wildman–Crippen MR) is 68.0 cm³/mol. The molecule has 106 valence electrons. The van der Waals surface area contributed by atoms with Gasteiger partial charge < -0.3 is 19.3 Å². The fourth-order valence-electron chi connectivity index (χ4n) is 1.93. The molecule has 0 unspecified atom stereocenters. The Morgan fingerprint density at radius 1 is 1.10 bits per heavy atom. The fourth-order valence-corrected chi connectivity index (χ4v) is 1.93. The van der Waals surface area contributed by atoms with Crippen LogP contribution in [0.3, 0.4) is 0 Å². The van der Waals surface area contributed by atoms with Gasteiger partial charge in [-0.15, -0.1) is 0 Å². The number of hydrogen-bond donors (Lipinski definition) is 1. The summed E-state index contributed by atoms with van der Waals surface area (Å²) in [7, 11) is 0. The molecule has 0 radical (unpaired) electrons. The Morgan fingerprint density at radius 2 is 1.75 bits per heavy atom. The molecule has 1 aromatic rings. The van der Waals surface area contributed by atoms with Gasteiger partial charge in [0.1, 0.15) is 0 Å². The van der Waals surface area contributed by atoms with E-state index in [1.807, 2.05) is 0 Å². The van der Waals surface area contributed by atoms with E-state index in [-0.39, 0.29) is 17.6 Å². The highest BCUT2D eigenvalue weighted by Crippen LogP contribution is 2.09. The van der Waals surface area contributed by atoms with Crippen LogP contribution in [-0.4, -0.2) is 58.9 Å². The molecule has 1 aromatic heterocycles. The van der Waals surface area contributed by atoms with Crippen LogP contribution in [0.25, 0.3) is 0 Å². The van der Waals surface area contributed by atoms with Gasteiger partial charge in [-0.1, -0.05) is 0 Å². The summed E-state index contributed by atoms with van der Waals surface area (Å²) in [4.78, 5) is 37.1. The lowest BCUT2D eigenvalue weighted by Gasteiger charge is -2.33. The third-order valence-electron chi connectivity index (χ3n) is 2.98. The fraction of sp³-hybridized carbons (Fsp3) is 0.308. The van der Waals surface area contributed by atoms with Gasteiger partial charge in [0.2, 0.25) is 5.91 Å². The van der Waals surface area contributed by atoms with Gasteiger partial charge in [0.25, 0.3) is 5.91 Å². The number of carbonyl (C=O) groups excluding carboxylic acids is 2. The highest BCUT2D eigenvalue weighted by atomic mass is 16.4. The Hall–Kier alpha value is -2.57. The Bertz CT molecular complexity index is 527. The maximum Gasteiger partial charge on any atom is 0.328 e. The largest absolute Gasteiger partial charge is 0.478 e. The second-order valence-corrected chi connectivity index (χ2v) is 4.27. The van der Waals surface area contributed by atoms with Crippen molar-refractivity contribution < 1.29 is 23.9 Å². The van der Waals surface area contributed by atoms with Crippen molar-refractivity contribution in [3.05, 3.63) is 36.3 Å². The van der Waals surface area contributed by atoms with Crippen LogP contribution in [0.5, 0.6) is 0 Å². The number of carboxylic acid groups (broad SMARTS) is 1. The van der Waals surface area contributed by atoms with Crippen molar-refractivity contribution >= 4 is 17.8 Å². The van der Waals surface area contributed by atoms with Crippen LogP contribution in [0.15, 0.2) is 35.0 Å². The van der Waals surface area contributed by atoms with E-state index in [2.05, 4.69) is 0 Å². The van der Waals surface area contributed by atoms with Gasteiger partial charge in [-0.2, -0.15) is 0 Å². The van der Waals surface area contributed by atoms with E-state index >= 15 is 0 Å². The summed E-state index contributed by atoms with van der Waals surface area (Å²) in [5.41, 5.74) is 0. The van der Waals surface area contributed by atoms with Crippen LogP contribution < -0.4 is 0 Å². The first-order valence-electron chi connectivity index (χ1n) is 6.10. The van der Waals surface area contributed by atoms with E-state index < -0.39 is 5.97 Å². The Morgan fingerprint density at radius 3 is 2.30 bits per heavy atom. The molecular formula is C13H14N2O5. The van der Waals surface area contributed by atoms with Crippen LogP contribution in [0, 0.1) is 0 Å². The molecule has 20 heavy (non-hydrogen) atoms. The summed E-state index contributed by atoms with van der Waals surface area (Å²) in [5, 5.41) is 8.46. The normalized spacial score (nSPS) is 15.6. The van der Waals surface area contributed by atoms with E-state index in [1.54, 1.807) is 17.0 Å². The monoisotopic (exact) mass is 278 g/mol. The van der Waals surface area contributed by atoms with Crippen LogP contribution in [0.1, 0.15) is 10.6 Å². The number of amides is 2. The summed E-state index contributed by atoms with van der Waals surface area (Å²) in [6, 6.07) is 3.24. The molecule has 0 spiro atoms. The van der Waals surface area contributed by atoms with Crippen molar-refractivity contribution in [3.8, 4) is 0 Å². The number of piperazine rings is 1. The molecule has 2 amide bonds. The molecule has 2 rings (SSSR count). The standard InChI is InChI=1S/C13H14N2O5/c16-11(3-4-12(17)18)14-5-7-15(8-6-14)13(19)10-2-1-9-20-10/h1-4,9H,5-8H2,(H,17,18). The molecule has 1 saturated heterocycles. The summed E-state index contributed by atoms with van der Waals surface area (Å²) in [6.45, 7) is 1.53. The zero-order valence-corrected chi connectivity index (χ0v) is 10.7. The molecule has 0 atom stereocenters. The lowest BCUT2D eigenvalue weighted by Crippen LogP contribution is -2.50.